The van der Waals surface area contributed by atoms with Crippen molar-refractivity contribution in [1.82, 2.24) is 19.8 Å². The minimum atomic E-state index is -0.263. The minimum Gasteiger partial charge on any atom is -0.495 e. The second-order valence-electron chi connectivity index (χ2n) is 8.16. The normalized spacial score (nSPS) is 18.2. The van der Waals surface area contributed by atoms with Gasteiger partial charge in [0.1, 0.15) is 11.4 Å². The first kappa shape index (κ1) is 20.2. The van der Waals surface area contributed by atoms with Crippen molar-refractivity contribution in [2.75, 3.05) is 25.5 Å². The van der Waals surface area contributed by atoms with Gasteiger partial charge in [-0.3, -0.25) is 29.3 Å². The molecule has 1 fully saturated rings. The van der Waals surface area contributed by atoms with E-state index in [2.05, 4.69) is 15.3 Å². The molecule has 3 amide bonds. The molecule has 0 bridgehead atoms. The molecule has 2 aliphatic heterocycles. The monoisotopic (exact) mass is 433 g/mol. The van der Waals surface area contributed by atoms with Crippen LogP contribution in [-0.4, -0.2) is 63.7 Å². The number of hydrogen-bond donors (Lipinski definition) is 1. The van der Waals surface area contributed by atoms with Crippen LogP contribution in [0.3, 0.4) is 0 Å². The zero-order valence-corrected chi connectivity index (χ0v) is 17.7. The summed E-state index contributed by atoms with van der Waals surface area (Å²) in [6.45, 7) is 0.585. The van der Waals surface area contributed by atoms with Gasteiger partial charge < -0.3 is 15.0 Å². The number of rotatable bonds is 6. The summed E-state index contributed by atoms with van der Waals surface area (Å²) in [7, 11) is 1.58. The predicted octanol–water partition coefficient (Wildman–Crippen LogP) is 1.97. The van der Waals surface area contributed by atoms with Crippen molar-refractivity contribution in [1.29, 1.82) is 0 Å². The molecule has 1 aliphatic carbocycles. The number of carbonyl (C=O) groups excluding carboxylic acids is 3. The summed E-state index contributed by atoms with van der Waals surface area (Å²) in [6.07, 6.45) is 7.95. The fourth-order valence-corrected chi connectivity index (χ4v) is 4.20. The molecular weight excluding hydrogens is 410 g/mol. The number of carbonyl (C=O) groups is 3. The van der Waals surface area contributed by atoms with E-state index in [1.54, 1.807) is 42.7 Å². The Hall–Kier alpha value is -3.75. The van der Waals surface area contributed by atoms with E-state index in [9.17, 15) is 14.4 Å². The van der Waals surface area contributed by atoms with Crippen LogP contribution >= 0.6 is 0 Å². The number of ether oxygens (including phenoxy) is 1. The average molecular weight is 433 g/mol. The zero-order chi connectivity index (χ0) is 22.2. The van der Waals surface area contributed by atoms with Crippen molar-refractivity contribution in [2.24, 2.45) is 0 Å². The lowest BCUT2D eigenvalue weighted by Gasteiger charge is -2.28. The Morgan fingerprint density at radius 2 is 2.03 bits per heavy atom. The van der Waals surface area contributed by atoms with Crippen LogP contribution in [0.2, 0.25) is 0 Å². The smallest absolute Gasteiger partial charge is 0.277 e. The number of amides is 3. The van der Waals surface area contributed by atoms with Gasteiger partial charge in [0.05, 0.1) is 37.4 Å². The Labute approximate surface area is 185 Å². The van der Waals surface area contributed by atoms with Crippen molar-refractivity contribution >= 4 is 23.4 Å². The van der Waals surface area contributed by atoms with Crippen LogP contribution in [0, 0.1) is 0 Å². The number of pyridine rings is 2. The molecule has 164 valence electrons. The molecule has 2 aromatic heterocycles. The molecular formula is C23H23N5O4. The van der Waals surface area contributed by atoms with Crippen LogP contribution in [0.15, 0.2) is 48.1 Å². The van der Waals surface area contributed by atoms with E-state index in [-0.39, 0.29) is 30.3 Å². The van der Waals surface area contributed by atoms with Crippen molar-refractivity contribution < 1.29 is 19.1 Å². The van der Waals surface area contributed by atoms with Gasteiger partial charge in [0.15, 0.2) is 0 Å². The fourth-order valence-electron chi connectivity index (χ4n) is 4.20. The molecule has 4 heterocycles. The van der Waals surface area contributed by atoms with Crippen molar-refractivity contribution in [3.8, 4) is 17.0 Å². The Kier molecular flexibility index (Phi) is 5.08. The van der Waals surface area contributed by atoms with E-state index in [0.29, 0.717) is 41.4 Å². The molecule has 0 saturated heterocycles. The third-order valence-electron chi connectivity index (χ3n) is 5.89. The number of aromatic nitrogens is 2. The highest BCUT2D eigenvalue weighted by Crippen LogP contribution is 2.38. The van der Waals surface area contributed by atoms with Crippen LogP contribution in [0.5, 0.6) is 5.75 Å². The van der Waals surface area contributed by atoms with Gasteiger partial charge in [-0.15, -0.1) is 0 Å². The highest BCUT2D eigenvalue weighted by molar-refractivity contribution is 6.19. The van der Waals surface area contributed by atoms with E-state index >= 15 is 0 Å². The van der Waals surface area contributed by atoms with Gasteiger partial charge in [-0.25, -0.2) is 0 Å². The highest BCUT2D eigenvalue weighted by Gasteiger charge is 2.48. The molecule has 0 spiro atoms. The number of anilines is 1. The number of imide groups is 1. The summed E-state index contributed by atoms with van der Waals surface area (Å²) in [5, 5.41) is 2.83. The summed E-state index contributed by atoms with van der Waals surface area (Å²) in [5.41, 5.74) is 3.02. The van der Waals surface area contributed by atoms with Crippen molar-refractivity contribution in [2.45, 2.75) is 31.7 Å². The zero-order valence-electron chi connectivity index (χ0n) is 17.7. The summed E-state index contributed by atoms with van der Waals surface area (Å²) >= 11 is 0. The van der Waals surface area contributed by atoms with E-state index in [4.69, 9.17) is 4.74 Å². The minimum absolute atomic E-state index is 0.0118. The first-order chi connectivity index (χ1) is 15.5. The lowest BCUT2D eigenvalue weighted by molar-refractivity contribution is -0.138. The first-order valence-corrected chi connectivity index (χ1v) is 10.7. The van der Waals surface area contributed by atoms with Gasteiger partial charge in [0, 0.05) is 29.9 Å². The molecule has 2 aromatic rings. The average Bonchev–Trinajstić information content (AvgIpc) is 3.60. The maximum atomic E-state index is 12.8. The van der Waals surface area contributed by atoms with E-state index in [1.807, 2.05) is 6.07 Å². The Bertz CT molecular complexity index is 1120. The topological polar surface area (TPSA) is 105 Å². The molecule has 1 saturated carbocycles. The lowest BCUT2D eigenvalue weighted by atomic mass is 10.0. The lowest BCUT2D eigenvalue weighted by Crippen LogP contribution is -2.40. The van der Waals surface area contributed by atoms with Gasteiger partial charge in [-0.05, 0) is 43.9 Å². The predicted molar refractivity (Wildman–Crippen MR) is 115 cm³/mol. The van der Waals surface area contributed by atoms with Gasteiger partial charge in [-0.1, -0.05) is 0 Å². The SMILES string of the molecule is COc1cncc(-c2ccc(NC(=O)CN3CCCC4=C3C(=O)N(C3CC3)C4=O)cn2)c1. The second kappa shape index (κ2) is 8.07. The molecule has 0 aromatic carbocycles. The standard InChI is InChI=1S/C23H23N5O4/c1-32-17-9-14(10-24-12-17)19-7-4-15(11-25-19)26-20(29)13-27-8-2-3-18-21(27)23(31)28(22(18)30)16-5-6-16/h4,7,9-12,16H,2-3,5-6,8,13H2,1H3,(H,26,29). The largest absolute Gasteiger partial charge is 0.495 e. The van der Waals surface area contributed by atoms with Crippen LogP contribution < -0.4 is 10.1 Å². The van der Waals surface area contributed by atoms with Crippen LogP contribution in [-0.2, 0) is 14.4 Å². The van der Waals surface area contributed by atoms with Crippen LogP contribution in [0.1, 0.15) is 25.7 Å². The summed E-state index contributed by atoms with van der Waals surface area (Å²) < 4.78 is 5.19. The van der Waals surface area contributed by atoms with Crippen LogP contribution in [0.4, 0.5) is 5.69 Å². The number of nitrogens with one attached hydrogen (secondary N) is 1. The Morgan fingerprint density at radius 3 is 2.75 bits per heavy atom. The third kappa shape index (κ3) is 3.70. The maximum absolute atomic E-state index is 12.8. The van der Waals surface area contributed by atoms with Crippen molar-refractivity contribution in [3.05, 3.63) is 48.1 Å². The fraction of sp³-hybridized carbons (Fsp3) is 0.348. The maximum Gasteiger partial charge on any atom is 0.277 e. The number of nitrogens with zero attached hydrogens (tertiary/aromatic N) is 4. The number of methoxy groups -OCH3 is 1. The molecule has 1 N–H and O–H groups in total. The molecule has 9 nitrogen and oxygen atoms in total. The molecule has 5 rings (SSSR count). The molecule has 3 aliphatic rings. The highest BCUT2D eigenvalue weighted by atomic mass is 16.5. The van der Waals surface area contributed by atoms with E-state index < -0.39 is 0 Å². The number of hydrogen-bond acceptors (Lipinski definition) is 7. The second-order valence-corrected chi connectivity index (χ2v) is 8.16. The Morgan fingerprint density at radius 1 is 1.19 bits per heavy atom. The summed E-state index contributed by atoms with van der Waals surface area (Å²) in [4.78, 5) is 49.8. The van der Waals surface area contributed by atoms with Crippen LogP contribution in [0.25, 0.3) is 11.3 Å². The molecule has 9 heteroatoms. The first-order valence-electron chi connectivity index (χ1n) is 10.7. The Balaban J connectivity index is 1.25. The van der Waals surface area contributed by atoms with Gasteiger partial charge in [0.25, 0.3) is 11.8 Å². The van der Waals surface area contributed by atoms with Gasteiger partial charge in [0.2, 0.25) is 5.91 Å². The van der Waals surface area contributed by atoms with Crippen molar-refractivity contribution in [3.63, 3.8) is 0 Å². The van der Waals surface area contributed by atoms with E-state index in [0.717, 1.165) is 24.8 Å². The molecule has 0 atom stereocenters. The quantitative estimate of drug-likeness (QED) is 0.695. The van der Waals surface area contributed by atoms with Gasteiger partial charge >= 0.3 is 0 Å². The van der Waals surface area contributed by atoms with Gasteiger partial charge in [-0.2, -0.15) is 0 Å². The van der Waals surface area contributed by atoms with E-state index in [1.165, 1.54) is 4.90 Å². The molecule has 0 unspecified atom stereocenters. The molecule has 0 radical (unpaired) electrons. The summed E-state index contributed by atoms with van der Waals surface area (Å²) in [6, 6.07) is 5.42. The summed E-state index contributed by atoms with van der Waals surface area (Å²) in [5.74, 6) is -0.0547. The third-order valence-corrected chi connectivity index (χ3v) is 5.89. The molecule has 32 heavy (non-hydrogen) atoms.